The Balaban J connectivity index is 2.05. The lowest BCUT2D eigenvalue weighted by Crippen LogP contribution is -2.30. The molecule has 0 heterocycles. The molecular weight excluding hydrogens is 460 g/mol. The minimum Gasteiger partial charge on any atom is -0.452 e. The minimum absolute atomic E-state index is 0.00341. The van der Waals surface area contributed by atoms with E-state index in [9.17, 15) is 18.0 Å². The number of hydrogen-bond donors (Lipinski definition) is 1. The van der Waals surface area contributed by atoms with Gasteiger partial charge in [-0.05, 0) is 58.7 Å². The fourth-order valence-corrected chi connectivity index (χ4v) is 4.72. The first-order valence-corrected chi connectivity index (χ1v) is 11.3. The maximum atomic E-state index is 12.6. The molecule has 0 aliphatic heterocycles. The zero-order chi connectivity index (χ0) is 21.6. The molecule has 0 saturated heterocycles. The van der Waals surface area contributed by atoms with Crippen LogP contribution in [-0.4, -0.2) is 44.3 Å². The lowest BCUT2D eigenvalue weighted by atomic mass is 10.2. The summed E-state index contributed by atoms with van der Waals surface area (Å²) in [7, 11) is -3.70. The Morgan fingerprint density at radius 1 is 1.10 bits per heavy atom. The average Bonchev–Trinajstić information content (AvgIpc) is 2.69. The molecule has 7 nitrogen and oxygen atoms in total. The second-order valence-corrected chi connectivity index (χ2v) is 9.02. The molecule has 0 aromatic heterocycles. The highest BCUT2D eigenvalue weighted by molar-refractivity contribution is 9.10. The Labute approximate surface area is 179 Å². The summed E-state index contributed by atoms with van der Waals surface area (Å²) in [5.74, 6) is -1.28. The molecule has 0 aliphatic carbocycles. The molecule has 1 N–H and O–H groups in total. The fraction of sp³-hybridized carbons (Fsp3) is 0.300. The molecule has 0 radical (unpaired) electrons. The monoisotopic (exact) mass is 482 g/mol. The van der Waals surface area contributed by atoms with E-state index >= 15 is 0 Å². The smallest absolute Gasteiger partial charge is 0.338 e. The van der Waals surface area contributed by atoms with Crippen LogP contribution < -0.4 is 5.32 Å². The molecule has 0 atom stereocenters. The highest BCUT2D eigenvalue weighted by atomic mass is 79.9. The van der Waals surface area contributed by atoms with Crippen LogP contribution >= 0.6 is 15.9 Å². The van der Waals surface area contributed by atoms with Gasteiger partial charge in [0.1, 0.15) is 0 Å². The molecule has 29 heavy (non-hydrogen) atoms. The standard InChI is InChI=1S/C20H23BrN2O5S/c1-4-23(5-2)29(26,27)16-8-6-7-15(12-16)20(25)28-13-19(24)22-18-10-9-14(3)11-17(18)21/h6-12H,4-5,13H2,1-3H3,(H,22,24). The van der Waals surface area contributed by atoms with Gasteiger partial charge in [0.05, 0.1) is 16.1 Å². The molecule has 2 aromatic rings. The molecule has 1 amide bonds. The number of nitrogens with zero attached hydrogens (tertiary/aromatic N) is 1. The molecule has 0 unspecified atom stereocenters. The summed E-state index contributed by atoms with van der Waals surface area (Å²) in [5, 5.41) is 2.64. The van der Waals surface area contributed by atoms with Crippen molar-refractivity contribution in [3.05, 3.63) is 58.1 Å². The van der Waals surface area contributed by atoms with Crippen LogP contribution in [0, 0.1) is 6.92 Å². The Morgan fingerprint density at radius 2 is 1.79 bits per heavy atom. The first kappa shape index (κ1) is 23.1. The molecule has 9 heteroatoms. The summed E-state index contributed by atoms with van der Waals surface area (Å²) in [6.45, 7) is 5.55. The van der Waals surface area contributed by atoms with Crippen molar-refractivity contribution in [3.63, 3.8) is 0 Å². The van der Waals surface area contributed by atoms with Crippen LogP contribution in [0.4, 0.5) is 5.69 Å². The number of carbonyl (C=O) groups excluding carboxylic acids is 2. The maximum Gasteiger partial charge on any atom is 0.338 e. The number of nitrogens with one attached hydrogen (secondary N) is 1. The highest BCUT2D eigenvalue weighted by Crippen LogP contribution is 2.23. The summed E-state index contributed by atoms with van der Waals surface area (Å²) in [6, 6.07) is 11.0. The Kier molecular flexibility index (Phi) is 7.95. The van der Waals surface area contributed by atoms with E-state index in [-0.39, 0.29) is 10.5 Å². The van der Waals surface area contributed by atoms with Gasteiger partial charge < -0.3 is 10.1 Å². The van der Waals surface area contributed by atoms with Crippen molar-refractivity contribution in [1.29, 1.82) is 0 Å². The van der Waals surface area contributed by atoms with Crippen molar-refractivity contribution < 1.29 is 22.7 Å². The van der Waals surface area contributed by atoms with Gasteiger partial charge >= 0.3 is 5.97 Å². The zero-order valence-corrected chi connectivity index (χ0v) is 18.8. The Hall–Kier alpha value is -2.23. The average molecular weight is 483 g/mol. The third-order valence-corrected chi connectivity index (χ3v) is 6.85. The van der Waals surface area contributed by atoms with Crippen LogP contribution in [0.5, 0.6) is 0 Å². The van der Waals surface area contributed by atoms with Gasteiger partial charge in [0.25, 0.3) is 5.91 Å². The summed E-state index contributed by atoms with van der Waals surface area (Å²) < 4.78 is 32.2. The normalized spacial score (nSPS) is 11.3. The van der Waals surface area contributed by atoms with Crippen LogP contribution in [-0.2, 0) is 19.6 Å². The highest BCUT2D eigenvalue weighted by Gasteiger charge is 2.23. The van der Waals surface area contributed by atoms with Gasteiger partial charge in [-0.15, -0.1) is 0 Å². The van der Waals surface area contributed by atoms with Gasteiger partial charge in [-0.2, -0.15) is 4.31 Å². The van der Waals surface area contributed by atoms with E-state index < -0.39 is 28.5 Å². The number of carbonyl (C=O) groups is 2. The van der Waals surface area contributed by atoms with E-state index in [1.165, 1.54) is 28.6 Å². The Morgan fingerprint density at radius 3 is 2.41 bits per heavy atom. The van der Waals surface area contributed by atoms with E-state index in [0.29, 0.717) is 23.2 Å². The van der Waals surface area contributed by atoms with Gasteiger partial charge in [0.15, 0.2) is 6.61 Å². The number of sulfonamides is 1. The third kappa shape index (κ3) is 5.88. The number of rotatable bonds is 8. The first-order chi connectivity index (χ1) is 13.7. The van der Waals surface area contributed by atoms with E-state index in [0.717, 1.165) is 5.56 Å². The van der Waals surface area contributed by atoms with Crippen LogP contribution in [0.25, 0.3) is 0 Å². The minimum atomic E-state index is -3.70. The van der Waals surface area contributed by atoms with Crippen molar-refractivity contribution in [3.8, 4) is 0 Å². The van der Waals surface area contributed by atoms with E-state index in [1.807, 2.05) is 19.1 Å². The van der Waals surface area contributed by atoms with Gasteiger partial charge in [-0.1, -0.05) is 26.0 Å². The van der Waals surface area contributed by atoms with Crippen LogP contribution in [0.15, 0.2) is 51.8 Å². The number of ether oxygens (including phenoxy) is 1. The number of aryl methyl sites for hydroxylation is 1. The summed E-state index contributed by atoms with van der Waals surface area (Å²) >= 11 is 3.36. The van der Waals surface area contributed by atoms with Crippen molar-refractivity contribution in [1.82, 2.24) is 4.31 Å². The van der Waals surface area contributed by atoms with Crippen LogP contribution in [0.2, 0.25) is 0 Å². The van der Waals surface area contributed by atoms with E-state index in [4.69, 9.17) is 4.74 Å². The number of hydrogen-bond acceptors (Lipinski definition) is 5. The molecule has 2 aromatic carbocycles. The second-order valence-electron chi connectivity index (χ2n) is 6.22. The van der Waals surface area contributed by atoms with Crippen LogP contribution in [0.1, 0.15) is 29.8 Å². The molecular formula is C20H23BrN2O5S. The SMILES string of the molecule is CCN(CC)S(=O)(=O)c1cccc(C(=O)OCC(=O)Nc2ccc(C)cc2Br)c1. The number of benzene rings is 2. The van der Waals surface area contributed by atoms with Crippen molar-refractivity contribution in [2.24, 2.45) is 0 Å². The fourth-order valence-electron chi connectivity index (χ4n) is 2.62. The first-order valence-electron chi connectivity index (χ1n) is 9.02. The largest absolute Gasteiger partial charge is 0.452 e. The van der Waals surface area contributed by atoms with Crippen LogP contribution in [0.3, 0.4) is 0 Å². The predicted octanol–water partition coefficient (Wildman–Crippen LogP) is 3.58. The van der Waals surface area contributed by atoms with Crippen molar-refractivity contribution in [2.45, 2.75) is 25.7 Å². The molecule has 156 valence electrons. The van der Waals surface area contributed by atoms with Gasteiger partial charge in [-0.25, -0.2) is 13.2 Å². The number of halogens is 1. The topological polar surface area (TPSA) is 92.8 Å². The number of anilines is 1. The molecule has 2 rings (SSSR count). The number of amides is 1. The third-order valence-electron chi connectivity index (χ3n) is 4.15. The lowest BCUT2D eigenvalue weighted by molar-refractivity contribution is -0.119. The molecule has 0 bridgehead atoms. The van der Waals surface area contributed by atoms with Gasteiger partial charge in [0, 0.05) is 17.6 Å². The lowest BCUT2D eigenvalue weighted by Gasteiger charge is -2.18. The maximum absolute atomic E-state index is 12.6. The van der Waals surface area contributed by atoms with E-state index in [2.05, 4.69) is 21.2 Å². The Bertz CT molecular complexity index is 1000. The van der Waals surface area contributed by atoms with Crippen molar-refractivity contribution in [2.75, 3.05) is 25.0 Å². The summed E-state index contributed by atoms with van der Waals surface area (Å²) in [6.07, 6.45) is 0. The quantitative estimate of drug-likeness (QED) is 0.580. The number of esters is 1. The van der Waals surface area contributed by atoms with Crippen molar-refractivity contribution >= 4 is 43.5 Å². The molecule has 0 spiro atoms. The predicted molar refractivity (Wildman–Crippen MR) is 114 cm³/mol. The second kappa shape index (κ2) is 10.00. The molecule has 0 fully saturated rings. The molecule has 0 saturated carbocycles. The molecule has 0 aliphatic rings. The van der Waals surface area contributed by atoms with Gasteiger partial charge in [0.2, 0.25) is 10.0 Å². The summed E-state index contributed by atoms with van der Waals surface area (Å²) in [4.78, 5) is 24.4. The summed E-state index contributed by atoms with van der Waals surface area (Å²) in [5.41, 5.74) is 1.65. The van der Waals surface area contributed by atoms with Gasteiger partial charge in [-0.3, -0.25) is 4.79 Å². The zero-order valence-electron chi connectivity index (χ0n) is 16.4. The van der Waals surface area contributed by atoms with E-state index in [1.54, 1.807) is 19.9 Å².